The number of aromatic nitrogens is 1. The molecule has 1 N–H and O–H groups in total. The van der Waals surface area contributed by atoms with E-state index < -0.39 is 37.8 Å². The molecule has 1 aromatic rings. The minimum atomic E-state index is -4.93. The van der Waals surface area contributed by atoms with Gasteiger partial charge in [0.05, 0.1) is 0 Å². The molecule has 0 aliphatic rings. The molecule has 0 aromatic carbocycles. The molecular weight excluding hydrogens is 337 g/mol. The van der Waals surface area contributed by atoms with E-state index >= 15 is 0 Å². The Morgan fingerprint density at radius 1 is 1.22 bits per heavy atom. The van der Waals surface area contributed by atoms with Crippen molar-refractivity contribution >= 4 is 21.6 Å². The number of amides is 1. The molecule has 6 nitrogen and oxygen atoms in total. The van der Waals surface area contributed by atoms with Gasteiger partial charge >= 0.3 is 6.18 Å². The Kier molecular flexibility index (Phi) is 4.91. The quantitative estimate of drug-likeness (QED) is 0.896. The van der Waals surface area contributed by atoms with E-state index in [1.54, 1.807) is 0 Å². The van der Waals surface area contributed by atoms with Crippen LogP contribution in [0, 0.1) is 0 Å². The first-order chi connectivity index (χ1) is 10.1. The van der Waals surface area contributed by atoms with Crippen LogP contribution in [0.25, 0.3) is 0 Å². The van der Waals surface area contributed by atoms with Gasteiger partial charge in [-0.1, -0.05) is 25.9 Å². The normalized spacial score (nSPS) is 13.9. The number of alkyl halides is 3. The largest absolute Gasteiger partial charge is 0.402 e. The molecule has 0 saturated carbocycles. The Labute approximate surface area is 132 Å². The molecule has 0 aliphatic heterocycles. The predicted molar refractivity (Wildman–Crippen MR) is 77.8 cm³/mol. The van der Waals surface area contributed by atoms with Gasteiger partial charge in [0, 0.05) is 11.5 Å². The highest BCUT2D eigenvalue weighted by Gasteiger charge is 2.48. The van der Waals surface area contributed by atoms with E-state index in [0.717, 1.165) is 13.8 Å². The number of carbonyl (C=O) groups excluding carboxylic acids is 1. The van der Waals surface area contributed by atoms with Crippen molar-refractivity contribution in [3.63, 3.8) is 0 Å². The third kappa shape index (κ3) is 4.69. The summed E-state index contributed by atoms with van der Waals surface area (Å²) < 4.78 is 63.5. The average molecular weight is 356 g/mol. The van der Waals surface area contributed by atoms with E-state index in [0.29, 0.717) is 5.76 Å². The fourth-order valence-corrected chi connectivity index (χ4v) is 2.62. The molecule has 0 bridgehead atoms. The van der Waals surface area contributed by atoms with E-state index in [9.17, 15) is 26.4 Å². The molecule has 1 amide bonds. The van der Waals surface area contributed by atoms with Crippen molar-refractivity contribution in [1.29, 1.82) is 0 Å². The van der Waals surface area contributed by atoms with Crippen LogP contribution in [0.3, 0.4) is 0 Å². The highest BCUT2D eigenvalue weighted by Crippen LogP contribution is 2.28. The van der Waals surface area contributed by atoms with Gasteiger partial charge in [0.2, 0.25) is 5.91 Å². The van der Waals surface area contributed by atoms with Crippen molar-refractivity contribution in [3.05, 3.63) is 11.8 Å². The molecule has 0 aliphatic carbocycles. The molecule has 0 radical (unpaired) electrons. The molecular formula is C13H19F3N2O4S. The lowest BCUT2D eigenvalue weighted by Crippen LogP contribution is -2.48. The van der Waals surface area contributed by atoms with Gasteiger partial charge in [-0.25, -0.2) is 8.42 Å². The first kappa shape index (κ1) is 19.5. The molecule has 10 heteroatoms. The summed E-state index contributed by atoms with van der Waals surface area (Å²) in [6.07, 6.45) is -4.93. The van der Waals surface area contributed by atoms with Crippen LogP contribution in [0.15, 0.2) is 10.6 Å². The van der Waals surface area contributed by atoms with Crippen LogP contribution in [0.2, 0.25) is 0 Å². The maximum atomic E-state index is 12.4. The summed E-state index contributed by atoms with van der Waals surface area (Å²) >= 11 is 0. The van der Waals surface area contributed by atoms with Gasteiger partial charge < -0.3 is 9.84 Å². The second-order valence-electron chi connectivity index (χ2n) is 6.67. The zero-order chi connectivity index (χ0) is 18.3. The zero-order valence-electron chi connectivity index (χ0n) is 13.4. The average Bonchev–Trinajstić information content (AvgIpc) is 2.73. The smallest absolute Gasteiger partial charge is 0.359 e. The van der Waals surface area contributed by atoms with Gasteiger partial charge in [-0.05, 0) is 13.8 Å². The number of rotatable bonds is 4. The summed E-state index contributed by atoms with van der Waals surface area (Å²) in [4.78, 5) is 12.1. The Morgan fingerprint density at radius 3 is 2.13 bits per heavy atom. The van der Waals surface area contributed by atoms with Crippen molar-refractivity contribution in [2.45, 2.75) is 51.0 Å². The SMILES string of the molecule is CC(C)(C)c1cc(NC(=O)C(C)(C)S(=O)(=O)CC(F)(F)F)no1. The minimum Gasteiger partial charge on any atom is -0.359 e. The number of anilines is 1. The molecule has 0 atom stereocenters. The van der Waals surface area contributed by atoms with Crippen LogP contribution in [0.4, 0.5) is 19.0 Å². The molecule has 1 aromatic heterocycles. The lowest BCUT2D eigenvalue weighted by Gasteiger charge is -2.23. The first-order valence-corrected chi connectivity index (χ1v) is 8.29. The highest BCUT2D eigenvalue weighted by molar-refractivity contribution is 7.93. The van der Waals surface area contributed by atoms with Crippen molar-refractivity contribution in [3.8, 4) is 0 Å². The third-order valence-electron chi connectivity index (χ3n) is 3.17. The molecule has 0 fully saturated rings. The van der Waals surface area contributed by atoms with Crippen LogP contribution < -0.4 is 5.32 Å². The number of halogens is 3. The first-order valence-electron chi connectivity index (χ1n) is 6.64. The molecule has 1 rings (SSSR count). The second-order valence-corrected chi connectivity index (χ2v) is 9.20. The Hall–Kier alpha value is -1.58. The number of hydrogen-bond donors (Lipinski definition) is 1. The van der Waals surface area contributed by atoms with Crippen molar-refractivity contribution in [2.24, 2.45) is 0 Å². The van der Waals surface area contributed by atoms with Gasteiger partial charge in [-0.15, -0.1) is 0 Å². The Balaban J connectivity index is 2.98. The molecule has 0 unspecified atom stereocenters. The summed E-state index contributed by atoms with van der Waals surface area (Å²) in [7, 11) is -4.75. The summed E-state index contributed by atoms with van der Waals surface area (Å²) in [6, 6.07) is 1.39. The van der Waals surface area contributed by atoms with Crippen LogP contribution in [-0.2, 0) is 20.0 Å². The number of nitrogens with one attached hydrogen (secondary N) is 1. The van der Waals surface area contributed by atoms with E-state index in [4.69, 9.17) is 4.52 Å². The van der Waals surface area contributed by atoms with Crippen LogP contribution in [-0.4, -0.2) is 36.2 Å². The van der Waals surface area contributed by atoms with Crippen molar-refractivity contribution in [1.82, 2.24) is 5.16 Å². The van der Waals surface area contributed by atoms with Crippen LogP contribution in [0.5, 0.6) is 0 Å². The number of carbonyl (C=O) groups is 1. The molecule has 132 valence electrons. The highest BCUT2D eigenvalue weighted by atomic mass is 32.2. The van der Waals surface area contributed by atoms with Gasteiger partial charge in [0.1, 0.15) is 16.3 Å². The number of sulfone groups is 1. The second kappa shape index (κ2) is 5.81. The number of nitrogens with zero attached hydrogens (tertiary/aromatic N) is 1. The van der Waals surface area contributed by atoms with Crippen LogP contribution in [0.1, 0.15) is 40.4 Å². The number of hydrogen-bond acceptors (Lipinski definition) is 5. The summed E-state index contributed by atoms with van der Waals surface area (Å²) in [5, 5.41) is 5.75. The lowest BCUT2D eigenvalue weighted by atomic mass is 9.93. The van der Waals surface area contributed by atoms with Gasteiger partial charge in [-0.2, -0.15) is 13.2 Å². The zero-order valence-corrected chi connectivity index (χ0v) is 14.2. The molecule has 1 heterocycles. The lowest BCUT2D eigenvalue weighted by molar-refractivity contribution is -0.118. The summed E-state index contributed by atoms with van der Waals surface area (Å²) in [5.41, 5.74) is -0.395. The molecule has 0 spiro atoms. The Bertz CT molecular complexity index is 685. The van der Waals surface area contributed by atoms with Gasteiger partial charge in [0.25, 0.3) is 0 Å². The fraction of sp³-hybridized carbons (Fsp3) is 0.692. The minimum absolute atomic E-state index is 0.0600. The van der Waals surface area contributed by atoms with Crippen molar-refractivity contribution < 1.29 is 30.9 Å². The maximum Gasteiger partial charge on any atom is 0.402 e. The monoisotopic (exact) mass is 356 g/mol. The fourth-order valence-electron chi connectivity index (χ4n) is 1.49. The van der Waals surface area contributed by atoms with Crippen LogP contribution >= 0.6 is 0 Å². The maximum absolute atomic E-state index is 12.4. The molecule has 0 saturated heterocycles. The molecule has 23 heavy (non-hydrogen) atoms. The summed E-state index contributed by atoms with van der Waals surface area (Å²) in [6.45, 7) is 7.31. The van der Waals surface area contributed by atoms with Gasteiger partial charge in [0.15, 0.2) is 15.7 Å². The van der Waals surface area contributed by atoms with Gasteiger partial charge in [-0.3, -0.25) is 4.79 Å². The van der Waals surface area contributed by atoms with E-state index in [-0.39, 0.29) is 5.82 Å². The third-order valence-corrected chi connectivity index (χ3v) is 5.62. The van der Waals surface area contributed by atoms with Crippen molar-refractivity contribution in [2.75, 3.05) is 11.1 Å². The standard InChI is InChI=1S/C13H19F3N2O4S/c1-11(2,3)8-6-9(18-22-8)17-10(19)12(4,5)23(20,21)7-13(14,15)16/h6H,7H2,1-5H3,(H,17,18,19). The Morgan fingerprint density at radius 2 is 1.74 bits per heavy atom. The summed E-state index contributed by atoms with van der Waals surface area (Å²) in [5.74, 6) is -2.82. The van der Waals surface area contributed by atoms with E-state index in [1.807, 2.05) is 20.8 Å². The van der Waals surface area contributed by atoms with E-state index in [2.05, 4.69) is 10.5 Å². The topological polar surface area (TPSA) is 89.3 Å². The van der Waals surface area contributed by atoms with E-state index in [1.165, 1.54) is 6.07 Å². The predicted octanol–water partition coefficient (Wildman–Crippen LogP) is 2.67.